The molecule has 0 atom stereocenters. The lowest BCUT2D eigenvalue weighted by atomic mass is 9.96. The van der Waals surface area contributed by atoms with Gasteiger partial charge >= 0.3 is 5.69 Å². The van der Waals surface area contributed by atoms with Crippen molar-refractivity contribution in [1.82, 2.24) is 4.68 Å². The van der Waals surface area contributed by atoms with Gasteiger partial charge in [-0.3, -0.25) is 15.1 Å². The van der Waals surface area contributed by atoms with Gasteiger partial charge in [0.25, 0.3) is 0 Å². The Morgan fingerprint density at radius 1 is 1.33 bits per heavy atom. The number of aromatic nitrogens is 1. The van der Waals surface area contributed by atoms with Gasteiger partial charge in [-0.05, 0) is 31.0 Å². The number of benzene rings is 1. The molecule has 0 aliphatic heterocycles. The van der Waals surface area contributed by atoms with E-state index in [0.717, 1.165) is 31.7 Å². The summed E-state index contributed by atoms with van der Waals surface area (Å²) in [4.78, 5) is 16.0. The molecule has 3 aromatic rings. The quantitative estimate of drug-likeness (QED) is 0.330. The molecule has 1 aliphatic carbocycles. The van der Waals surface area contributed by atoms with E-state index in [-0.39, 0.29) is 16.6 Å². The molecule has 0 radical (unpaired) electrons. The van der Waals surface area contributed by atoms with Crippen LogP contribution in [-0.2, 0) is 0 Å². The number of hydrogen-bond donors (Lipinski definition) is 1. The topological polar surface area (TPSA) is 106 Å². The van der Waals surface area contributed by atoms with Crippen LogP contribution in [0.15, 0.2) is 50.4 Å². The molecule has 1 fully saturated rings. The Balaban J connectivity index is 1.79. The minimum absolute atomic E-state index is 0.134. The molecule has 1 aromatic carbocycles. The molecule has 0 saturated heterocycles. The molecule has 0 bridgehead atoms. The number of furan rings is 1. The molecule has 1 saturated carbocycles. The normalized spacial score (nSPS) is 15.8. The van der Waals surface area contributed by atoms with Crippen molar-refractivity contribution in [3.05, 3.63) is 61.4 Å². The summed E-state index contributed by atoms with van der Waals surface area (Å²) in [7, 11) is 0. The predicted octanol–water partition coefficient (Wildman–Crippen LogP) is 5.19. The van der Waals surface area contributed by atoms with Crippen molar-refractivity contribution in [3.8, 4) is 17.2 Å². The maximum atomic E-state index is 11.2. The molecule has 156 valence electrons. The van der Waals surface area contributed by atoms with E-state index in [1.165, 1.54) is 30.0 Å². The van der Waals surface area contributed by atoms with Crippen molar-refractivity contribution in [3.63, 3.8) is 0 Å². The Hall–Kier alpha value is -2.91. The minimum atomic E-state index is -0.686. The van der Waals surface area contributed by atoms with Gasteiger partial charge in [0, 0.05) is 22.0 Å². The molecule has 0 unspecified atom stereocenters. The molecule has 30 heavy (non-hydrogen) atoms. The number of aromatic hydroxyl groups is 1. The standard InChI is InChI=1S/C20H19ClN4O4S/c21-14-9-13(19(26)16(10-14)25(27)28)11-22-24-17(18-7-4-8-29-18)12-30-20(24)23-15-5-2-1-3-6-15/h4,7-12,15,26H,1-3,5-6H2. The summed E-state index contributed by atoms with van der Waals surface area (Å²) in [5, 5.41) is 27.9. The van der Waals surface area contributed by atoms with Crippen molar-refractivity contribution in [1.29, 1.82) is 0 Å². The van der Waals surface area contributed by atoms with E-state index >= 15 is 0 Å². The van der Waals surface area contributed by atoms with Crippen LogP contribution in [0.2, 0.25) is 5.02 Å². The van der Waals surface area contributed by atoms with Crippen molar-refractivity contribution in [2.24, 2.45) is 10.1 Å². The second-order valence-electron chi connectivity index (χ2n) is 6.98. The lowest BCUT2D eigenvalue weighted by molar-refractivity contribution is -0.385. The summed E-state index contributed by atoms with van der Waals surface area (Å²) < 4.78 is 7.15. The van der Waals surface area contributed by atoms with Gasteiger partial charge in [0.05, 0.1) is 23.4 Å². The van der Waals surface area contributed by atoms with Gasteiger partial charge in [0.2, 0.25) is 10.6 Å². The number of halogens is 1. The van der Waals surface area contributed by atoms with Crippen LogP contribution >= 0.6 is 22.9 Å². The Morgan fingerprint density at radius 2 is 2.13 bits per heavy atom. The summed E-state index contributed by atoms with van der Waals surface area (Å²) >= 11 is 7.43. The molecular formula is C20H19ClN4O4S. The Morgan fingerprint density at radius 3 is 2.83 bits per heavy atom. The molecule has 2 heterocycles. The van der Waals surface area contributed by atoms with Crippen molar-refractivity contribution in [2.45, 2.75) is 38.1 Å². The molecule has 0 spiro atoms. The second-order valence-corrected chi connectivity index (χ2v) is 8.25. The maximum Gasteiger partial charge on any atom is 0.312 e. The van der Waals surface area contributed by atoms with Crippen LogP contribution in [-0.4, -0.2) is 27.0 Å². The minimum Gasteiger partial charge on any atom is -0.502 e. The van der Waals surface area contributed by atoms with E-state index in [4.69, 9.17) is 21.0 Å². The number of thiazole rings is 1. The Kier molecular flexibility index (Phi) is 6.01. The van der Waals surface area contributed by atoms with Gasteiger partial charge in [-0.2, -0.15) is 5.10 Å². The summed E-state index contributed by atoms with van der Waals surface area (Å²) in [5.41, 5.74) is 0.367. The van der Waals surface area contributed by atoms with Gasteiger partial charge in [0.15, 0.2) is 5.76 Å². The number of hydrogen-bond acceptors (Lipinski definition) is 7. The summed E-state index contributed by atoms with van der Waals surface area (Å²) in [6.07, 6.45) is 8.55. The number of rotatable bonds is 5. The van der Waals surface area contributed by atoms with E-state index in [0.29, 0.717) is 16.3 Å². The summed E-state index contributed by atoms with van der Waals surface area (Å²) in [6.45, 7) is 0. The first-order valence-electron chi connectivity index (χ1n) is 9.52. The van der Waals surface area contributed by atoms with E-state index in [1.807, 2.05) is 11.4 Å². The average Bonchev–Trinajstić information content (AvgIpc) is 3.39. The van der Waals surface area contributed by atoms with Crippen molar-refractivity contribution < 1.29 is 14.4 Å². The fourth-order valence-electron chi connectivity index (χ4n) is 3.42. The maximum absolute atomic E-state index is 11.2. The highest BCUT2D eigenvalue weighted by Crippen LogP contribution is 2.32. The molecule has 1 N–H and O–H groups in total. The zero-order valence-electron chi connectivity index (χ0n) is 15.9. The van der Waals surface area contributed by atoms with Gasteiger partial charge in [-0.15, -0.1) is 11.3 Å². The lowest BCUT2D eigenvalue weighted by Gasteiger charge is -2.16. The predicted molar refractivity (Wildman–Crippen MR) is 115 cm³/mol. The van der Waals surface area contributed by atoms with E-state index in [1.54, 1.807) is 17.0 Å². The van der Waals surface area contributed by atoms with Crippen molar-refractivity contribution in [2.75, 3.05) is 0 Å². The number of nitrogens with zero attached hydrogens (tertiary/aromatic N) is 4. The first kappa shape index (κ1) is 20.4. The fourth-order valence-corrected chi connectivity index (χ4v) is 4.53. The van der Waals surface area contributed by atoms with Crippen LogP contribution in [0.25, 0.3) is 11.5 Å². The first-order valence-corrected chi connectivity index (χ1v) is 10.8. The third-order valence-electron chi connectivity index (χ3n) is 4.92. The number of phenolic OH excluding ortho intramolecular Hbond substituents is 1. The number of nitro benzene ring substituents is 1. The summed E-state index contributed by atoms with van der Waals surface area (Å²) in [5.74, 6) is 0.129. The lowest BCUT2D eigenvalue weighted by Crippen LogP contribution is -2.18. The zero-order chi connectivity index (χ0) is 21.1. The van der Waals surface area contributed by atoms with E-state index in [2.05, 4.69) is 5.10 Å². The van der Waals surface area contributed by atoms with Crippen LogP contribution in [0, 0.1) is 10.1 Å². The molecule has 8 nitrogen and oxygen atoms in total. The Bertz CT molecular complexity index is 1140. The highest BCUT2D eigenvalue weighted by Gasteiger charge is 2.19. The zero-order valence-corrected chi connectivity index (χ0v) is 17.5. The highest BCUT2D eigenvalue weighted by atomic mass is 35.5. The number of nitro groups is 1. The molecule has 0 amide bonds. The van der Waals surface area contributed by atoms with E-state index < -0.39 is 16.4 Å². The third kappa shape index (κ3) is 4.31. The largest absolute Gasteiger partial charge is 0.502 e. The van der Waals surface area contributed by atoms with Crippen LogP contribution in [0.1, 0.15) is 37.7 Å². The first-order chi connectivity index (χ1) is 14.5. The van der Waals surface area contributed by atoms with Crippen LogP contribution in [0.3, 0.4) is 0 Å². The van der Waals surface area contributed by atoms with Gasteiger partial charge in [-0.25, -0.2) is 4.68 Å². The van der Waals surface area contributed by atoms with Crippen molar-refractivity contribution >= 4 is 34.8 Å². The van der Waals surface area contributed by atoms with Gasteiger partial charge in [-0.1, -0.05) is 30.9 Å². The average molecular weight is 447 g/mol. The van der Waals surface area contributed by atoms with Gasteiger partial charge < -0.3 is 9.52 Å². The highest BCUT2D eigenvalue weighted by molar-refractivity contribution is 7.07. The SMILES string of the molecule is O=[N+]([O-])c1cc(Cl)cc(C=Nn2c(-c3ccco3)csc2=NC2CCCCC2)c1O. The second kappa shape index (κ2) is 8.85. The van der Waals surface area contributed by atoms with E-state index in [9.17, 15) is 15.2 Å². The third-order valence-corrected chi connectivity index (χ3v) is 5.97. The smallest absolute Gasteiger partial charge is 0.312 e. The van der Waals surface area contributed by atoms with Crippen LogP contribution in [0.4, 0.5) is 5.69 Å². The monoisotopic (exact) mass is 446 g/mol. The fraction of sp³-hybridized carbons (Fsp3) is 0.300. The molecule has 2 aromatic heterocycles. The molecule has 10 heteroatoms. The molecule has 4 rings (SSSR count). The number of phenols is 1. The van der Waals surface area contributed by atoms with Crippen LogP contribution in [0.5, 0.6) is 5.75 Å². The molecule has 1 aliphatic rings. The molecular weight excluding hydrogens is 428 g/mol. The van der Waals surface area contributed by atoms with Crippen LogP contribution < -0.4 is 4.80 Å². The summed E-state index contributed by atoms with van der Waals surface area (Å²) in [6, 6.07) is 6.37. The van der Waals surface area contributed by atoms with Gasteiger partial charge in [0.1, 0.15) is 5.69 Å². The Labute approximate surface area is 180 Å².